The molecule has 2 atom stereocenters. The molecular formula is C21H20N4O4. The monoisotopic (exact) mass is 392 g/mol. The molecule has 2 aliphatic heterocycles. The SMILES string of the molecule is COc1ccc2c(c1)CC(C1Nc3ccc(-c4ccnc(N)n4)cc3OO1)CO2. The molecular weight excluding hydrogens is 372 g/mol. The van der Waals surface area contributed by atoms with Crippen molar-refractivity contribution in [2.75, 3.05) is 24.8 Å². The minimum absolute atomic E-state index is 0.0871. The van der Waals surface area contributed by atoms with Crippen molar-refractivity contribution in [1.29, 1.82) is 0 Å². The highest BCUT2D eigenvalue weighted by Crippen LogP contribution is 2.38. The van der Waals surface area contributed by atoms with Crippen molar-refractivity contribution in [2.24, 2.45) is 5.92 Å². The molecule has 5 rings (SSSR count). The second-order valence-corrected chi connectivity index (χ2v) is 7.00. The van der Waals surface area contributed by atoms with E-state index in [2.05, 4.69) is 15.3 Å². The van der Waals surface area contributed by atoms with Gasteiger partial charge in [0.2, 0.25) is 5.95 Å². The molecule has 2 unspecified atom stereocenters. The van der Waals surface area contributed by atoms with Gasteiger partial charge in [-0.15, -0.1) is 0 Å². The van der Waals surface area contributed by atoms with E-state index in [1.54, 1.807) is 19.4 Å². The lowest BCUT2D eigenvalue weighted by atomic mass is 9.94. The van der Waals surface area contributed by atoms with Crippen LogP contribution in [0.15, 0.2) is 48.7 Å². The van der Waals surface area contributed by atoms with Gasteiger partial charge in [-0.1, -0.05) is 6.07 Å². The smallest absolute Gasteiger partial charge is 0.220 e. The number of nitrogens with two attached hydrogens (primary N) is 1. The molecule has 148 valence electrons. The summed E-state index contributed by atoms with van der Waals surface area (Å²) in [6.45, 7) is 0.536. The zero-order valence-corrected chi connectivity index (χ0v) is 15.8. The van der Waals surface area contributed by atoms with Crippen LogP contribution in [0, 0.1) is 5.92 Å². The van der Waals surface area contributed by atoms with E-state index in [1.807, 2.05) is 36.4 Å². The molecule has 2 aliphatic rings. The molecule has 1 aromatic heterocycles. The predicted octanol–water partition coefficient (Wildman–Crippen LogP) is 3.05. The summed E-state index contributed by atoms with van der Waals surface area (Å²) in [6, 6.07) is 13.4. The summed E-state index contributed by atoms with van der Waals surface area (Å²) in [7, 11) is 1.66. The van der Waals surface area contributed by atoms with Crippen molar-refractivity contribution in [3.05, 3.63) is 54.2 Å². The Kier molecular flexibility index (Phi) is 4.33. The number of nitrogens with one attached hydrogen (secondary N) is 1. The van der Waals surface area contributed by atoms with Gasteiger partial charge >= 0.3 is 0 Å². The number of anilines is 2. The van der Waals surface area contributed by atoms with Crippen LogP contribution in [0.5, 0.6) is 17.2 Å². The highest BCUT2D eigenvalue weighted by atomic mass is 17.2. The van der Waals surface area contributed by atoms with E-state index in [0.717, 1.165) is 40.4 Å². The molecule has 0 amide bonds. The first-order valence-corrected chi connectivity index (χ1v) is 9.32. The van der Waals surface area contributed by atoms with Gasteiger partial charge in [0.05, 0.1) is 25.1 Å². The summed E-state index contributed by atoms with van der Waals surface area (Å²) in [5, 5.41) is 3.40. The minimum Gasteiger partial charge on any atom is -0.497 e. The number of methoxy groups -OCH3 is 1. The lowest BCUT2D eigenvalue weighted by Gasteiger charge is -2.34. The van der Waals surface area contributed by atoms with Gasteiger partial charge < -0.3 is 25.4 Å². The average Bonchev–Trinajstić information content (AvgIpc) is 2.77. The van der Waals surface area contributed by atoms with Crippen LogP contribution >= 0.6 is 0 Å². The number of benzene rings is 2. The second kappa shape index (κ2) is 7.14. The number of fused-ring (bicyclic) bond motifs is 2. The Morgan fingerprint density at radius 3 is 2.93 bits per heavy atom. The Balaban J connectivity index is 1.34. The maximum atomic E-state index is 5.91. The van der Waals surface area contributed by atoms with E-state index >= 15 is 0 Å². The third-order valence-corrected chi connectivity index (χ3v) is 5.12. The first-order valence-electron chi connectivity index (χ1n) is 9.32. The molecule has 8 nitrogen and oxygen atoms in total. The minimum atomic E-state index is -0.331. The van der Waals surface area contributed by atoms with Crippen LogP contribution in [0.25, 0.3) is 11.3 Å². The Morgan fingerprint density at radius 2 is 2.07 bits per heavy atom. The fraction of sp³-hybridized carbons (Fsp3) is 0.238. The van der Waals surface area contributed by atoms with Crippen LogP contribution in [-0.4, -0.2) is 29.9 Å². The summed E-state index contributed by atoms with van der Waals surface area (Å²) < 4.78 is 11.2. The molecule has 29 heavy (non-hydrogen) atoms. The summed E-state index contributed by atoms with van der Waals surface area (Å²) in [4.78, 5) is 19.4. The zero-order valence-electron chi connectivity index (χ0n) is 15.8. The maximum Gasteiger partial charge on any atom is 0.220 e. The zero-order chi connectivity index (χ0) is 19.8. The average molecular weight is 392 g/mol. The molecule has 0 radical (unpaired) electrons. The third-order valence-electron chi connectivity index (χ3n) is 5.12. The van der Waals surface area contributed by atoms with Crippen molar-refractivity contribution in [3.8, 4) is 28.5 Å². The molecule has 0 spiro atoms. The van der Waals surface area contributed by atoms with Crippen molar-refractivity contribution in [1.82, 2.24) is 9.97 Å². The molecule has 0 bridgehead atoms. The highest BCUT2D eigenvalue weighted by molar-refractivity contribution is 5.69. The predicted molar refractivity (Wildman–Crippen MR) is 107 cm³/mol. The van der Waals surface area contributed by atoms with E-state index in [0.29, 0.717) is 12.4 Å². The normalized spacial score (nSPS) is 19.8. The van der Waals surface area contributed by atoms with Crippen molar-refractivity contribution >= 4 is 11.6 Å². The first-order chi connectivity index (χ1) is 14.2. The van der Waals surface area contributed by atoms with Gasteiger partial charge in [-0.25, -0.2) is 9.97 Å². The van der Waals surface area contributed by atoms with E-state index in [1.165, 1.54) is 0 Å². The molecule has 0 saturated heterocycles. The second-order valence-electron chi connectivity index (χ2n) is 7.00. The number of hydrogen-bond donors (Lipinski definition) is 2. The maximum absolute atomic E-state index is 5.91. The molecule has 3 aromatic rings. The van der Waals surface area contributed by atoms with Crippen LogP contribution in [0.2, 0.25) is 0 Å². The Labute approximate surface area is 167 Å². The lowest BCUT2D eigenvalue weighted by molar-refractivity contribution is -0.257. The van der Waals surface area contributed by atoms with Crippen LogP contribution in [-0.2, 0) is 11.3 Å². The van der Waals surface area contributed by atoms with Crippen molar-refractivity contribution in [3.63, 3.8) is 0 Å². The van der Waals surface area contributed by atoms with E-state index in [4.69, 9.17) is 25.0 Å². The van der Waals surface area contributed by atoms with Gasteiger partial charge in [-0.3, -0.25) is 0 Å². The number of hydrogen-bond acceptors (Lipinski definition) is 8. The van der Waals surface area contributed by atoms with Crippen LogP contribution < -0.4 is 25.4 Å². The Morgan fingerprint density at radius 1 is 1.14 bits per heavy atom. The van der Waals surface area contributed by atoms with E-state index < -0.39 is 0 Å². The highest BCUT2D eigenvalue weighted by Gasteiger charge is 2.33. The fourth-order valence-corrected chi connectivity index (χ4v) is 3.60. The molecule has 0 saturated carbocycles. The summed E-state index contributed by atoms with van der Waals surface area (Å²) in [5.41, 5.74) is 9.20. The van der Waals surface area contributed by atoms with Crippen LogP contribution in [0.3, 0.4) is 0 Å². The summed E-state index contributed by atoms with van der Waals surface area (Å²) in [5.74, 6) is 2.60. The van der Waals surface area contributed by atoms with Crippen LogP contribution in [0.4, 0.5) is 11.6 Å². The molecule has 2 aromatic carbocycles. The van der Waals surface area contributed by atoms with E-state index in [9.17, 15) is 0 Å². The number of nitrogen functional groups attached to an aromatic ring is 1. The molecule has 3 N–H and O–H groups in total. The summed E-state index contributed by atoms with van der Waals surface area (Å²) in [6.07, 6.45) is 2.09. The van der Waals surface area contributed by atoms with Gasteiger partial charge in [0, 0.05) is 17.7 Å². The molecule has 0 fully saturated rings. The standard InChI is InChI=1S/C21H20N4O4/c1-26-15-3-5-18-13(9-15)8-14(11-27-18)20-24-17-4-2-12(10-19(17)28-29-20)16-6-7-23-21(22)25-16/h2-7,9-10,14,20,24H,8,11H2,1H3,(H2,22,23,25). The Bertz CT molecular complexity index is 1060. The van der Waals surface area contributed by atoms with Crippen molar-refractivity contribution in [2.45, 2.75) is 12.6 Å². The van der Waals surface area contributed by atoms with E-state index in [-0.39, 0.29) is 18.1 Å². The van der Waals surface area contributed by atoms with Gasteiger partial charge in [0.1, 0.15) is 11.5 Å². The Hall–Kier alpha value is -3.52. The van der Waals surface area contributed by atoms with Gasteiger partial charge in [0.15, 0.2) is 12.0 Å². The molecule has 3 heterocycles. The van der Waals surface area contributed by atoms with Gasteiger partial charge in [0.25, 0.3) is 0 Å². The van der Waals surface area contributed by atoms with Crippen LogP contribution in [0.1, 0.15) is 5.56 Å². The number of nitrogens with zero attached hydrogens (tertiary/aromatic N) is 2. The third kappa shape index (κ3) is 3.38. The fourth-order valence-electron chi connectivity index (χ4n) is 3.60. The summed E-state index contributed by atoms with van der Waals surface area (Å²) >= 11 is 0. The topological polar surface area (TPSA) is 101 Å². The lowest BCUT2D eigenvalue weighted by Crippen LogP contribution is -2.41. The van der Waals surface area contributed by atoms with Gasteiger partial charge in [-0.2, -0.15) is 4.89 Å². The molecule has 0 aliphatic carbocycles. The number of rotatable bonds is 3. The largest absolute Gasteiger partial charge is 0.497 e. The first kappa shape index (κ1) is 17.6. The van der Waals surface area contributed by atoms with Crippen molar-refractivity contribution < 1.29 is 19.2 Å². The molecule has 8 heteroatoms. The van der Waals surface area contributed by atoms with Gasteiger partial charge in [-0.05, 0) is 48.4 Å². The quantitative estimate of drug-likeness (QED) is 0.656. The number of ether oxygens (including phenoxy) is 2. The number of aromatic nitrogens is 2.